The van der Waals surface area contributed by atoms with Gasteiger partial charge < -0.3 is 13.9 Å². The van der Waals surface area contributed by atoms with Crippen LogP contribution in [0.5, 0.6) is 5.75 Å². The van der Waals surface area contributed by atoms with E-state index < -0.39 is 23.4 Å². The van der Waals surface area contributed by atoms with Gasteiger partial charge in [-0.2, -0.15) is 5.10 Å². The Bertz CT molecular complexity index is 1190. The molecule has 3 aromatic rings. The van der Waals surface area contributed by atoms with Crippen molar-refractivity contribution in [2.24, 2.45) is 5.10 Å². The Morgan fingerprint density at radius 1 is 1.18 bits per heavy atom. The molecule has 33 heavy (non-hydrogen) atoms. The smallest absolute Gasteiger partial charge is 0.338 e. The van der Waals surface area contributed by atoms with Crippen LogP contribution in [-0.2, 0) is 9.53 Å². The monoisotopic (exact) mass is 471 g/mol. The van der Waals surface area contributed by atoms with Gasteiger partial charge in [-0.1, -0.05) is 23.7 Å². The number of rotatable bonds is 9. The molecule has 0 aliphatic rings. The second-order valence-corrected chi connectivity index (χ2v) is 6.89. The summed E-state index contributed by atoms with van der Waals surface area (Å²) in [5, 5.41) is 15.0. The standard InChI is InChI=1S/C22H18ClN3O7/c1-2-31-22(28)15-5-3-14(4-6-15)19-10-8-17(33-19)12-24-25-21(27)13-32-20-9-7-16(23)11-18(20)26(29)30/h3-12H,2,13H2,1H3,(H,25,27)/b24-12+. The number of benzene rings is 2. The van der Waals surface area contributed by atoms with Crippen LogP contribution < -0.4 is 10.2 Å². The number of nitro groups is 1. The first-order chi connectivity index (χ1) is 15.9. The number of hydrogen-bond donors (Lipinski definition) is 1. The second kappa shape index (κ2) is 10.9. The molecular weight excluding hydrogens is 454 g/mol. The van der Waals surface area contributed by atoms with Gasteiger partial charge in [0.05, 0.1) is 23.3 Å². The van der Waals surface area contributed by atoms with Crippen LogP contribution >= 0.6 is 11.6 Å². The van der Waals surface area contributed by atoms with Crippen molar-refractivity contribution in [3.8, 4) is 17.1 Å². The van der Waals surface area contributed by atoms with Crippen LogP contribution in [0.2, 0.25) is 5.02 Å². The number of carbonyl (C=O) groups is 2. The zero-order chi connectivity index (χ0) is 23.8. The predicted molar refractivity (Wildman–Crippen MR) is 119 cm³/mol. The molecule has 0 saturated carbocycles. The minimum atomic E-state index is -0.657. The zero-order valence-electron chi connectivity index (χ0n) is 17.3. The lowest BCUT2D eigenvalue weighted by Gasteiger charge is -2.05. The lowest BCUT2D eigenvalue weighted by molar-refractivity contribution is -0.385. The van der Waals surface area contributed by atoms with E-state index in [1.807, 2.05) is 0 Å². The number of esters is 1. The fraction of sp³-hybridized carbons (Fsp3) is 0.136. The summed E-state index contributed by atoms with van der Waals surface area (Å²) in [4.78, 5) is 34.0. The summed E-state index contributed by atoms with van der Waals surface area (Å²) in [6.07, 6.45) is 1.29. The van der Waals surface area contributed by atoms with Crippen LogP contribution in [0.25, 0.3) is 11.3 Å². The molecule has 1 amide bonds. The van der Waals surface area contributed by atoms with Crippen molar-refractivity contribution in [1.29, 1.82) is 0 Å². The van der Waals surface area contributed by atoms with E-state index in [9.17, 15) is 19.7 Å². The number of nitrogens with zero attached hydrogens (tertiary/aromatic N) is 2. The van der Waals surface area contributed by atoms with Crippen LogP contribution in [0.4, 0.5) is 5.69 Å². The number of carbonyl (C=O) groups excluding carboxylic acids is 2. The molecule has 0 bridgehead atoms. The number of nitrogens with one attached hydrogen (secondary N) is 1. The minimum absolute atomic E-state index is 0.0896. The Morgan fingerprint density at radius 2 is 1.94 bits per heavy atom. The molecule has 0 unspecified atom stereocenters. The molecule has 0 atom stereocenters. The van der Waals surface area contributed by atoms with Gasteiger partial charge in [0, 0.05) is 16.7 Å². The third-order valence-electron chi connectivity index (χ3n) is 4.16. The summed E-state index contributed by atoms with van der Waals surface area (Å²) in [6.45, 7) is 1.54. The van der Waals surface area contributed by atoms with Crippen LogP contribution in [0.15, 0.2) is 64.1 Å². The molecule has 0 spiro atoms. The topological polar surface area (TPSA) is 133 Å². The van der Waals surface area contributed by atoms with Gasteiger partial charge in [0.15, 0.2) is 12.4 Å². The van der Waals surface area contributed by atoms with E-state index in [-0.39, 0.29) is 16.5 Å². The van der Waals surface area contributed by atoms with Gasteiger partial charge in [0.1, 0.15) is 11.5 Å². The van der Waals surface area contributed by atoms with Crippen molar-refractivity contribution in [2.75, 3.05) is 13.2 Å². The number of nitro benzene ring substituents is 1. The Hall–Kier alpha value is -4.18. The van der Waals surface area contributed by atoms with E-state index in [1.165, 1.54) is 18.3 Å². The van der Waals surface area contributed by atoms with Gasteiger partial charge >= 0.3 is 11.7 Å². The highest BCUT2D eigenvalue weighted by molar-refractivity contribution is 6.30. The van der Waals surface area contributed by atoms with Crippen molar-refractivity contribution in [2.45, 2.75) is 6.92 Å². The Kier molecular flexibility index (Phi) is 7.77. The highest BCUT2D eigenvalue weighted by Crippen LogP contribution is 2.29. The van der Waals surface area contributed by atoms with Crippen molar-refractivity contribution in [3.63, 3.8) is 0 Å². The Morgan fingerprint density at radius 3 is 2.64 bits per heavy atom. The number of furan rings is 1. The minimum Gasteiger partial charge on any atom is -0.477 e. The average Bonchev–Trinajstić information content (AvgIpc) is 3.27. The summed E-state index contributed by atoms with van der Waals surface area (Å²) in [7, 11) is 0. The fourth-order valence-corrected chi connectivity index (χ4v) is 2.83. The van der Waals surface area contributed by atoms with Crippen LogP contribution in [0.3, 0.4) is 0 Å². The summed E-state index contributed by atoms with van der Waals surface area (Å²) in [5.74, 6) is -0.211. The zero-order valence-corrected chi connectivity index (χ0v) is 18.1. The quantitative estimate of drug-likeness (QED) is 0.214. The molecule has 0 fully saturated rings. The van der Waals surface area contributed by atoms with E-state index in [4.69, 9.17) is 25.5 Å². The molecule has 0 saturated heterocycles. The predicted octanol–water partition coefficient (Wildman–Crippen LogP) is 4.21. The normalized spacial score (nSPS) is 10.7. The van der Waals surface area contributed by atoms with Crippen molar-refractivity contribution < 1.29 is 28.4 Å². The summed E-state index contributed by atoms with van der Waals surface area (Å²) < 4.78 is 15.8. The Labute approximate surface area is 192 Å². The number of ether oxygens (including phenoxy) is 2. The van der Waals surface area contributed by atoms with E-state index in [2.05, 4.69) is 10.5 Å². The Balaban J connectivity index is 1.54. The van der Waals surface area contributed by atoms with Gasteiger partial charge in [-0.25, -0.2) is 10.2 Å². The summed E-state index contributed by atoms with van der Waals surface area (Å²) in [6, 6.07) is 13.9. The molecular formula is C22H18ClN3O7. The third kappa shape index (κ3) is 6.40. The van der Waals surface area contributed by atoms with E-state index in [0.717, 1.165) is 11.6 Å². The lowest BCUT2D eigenvalue weighted by Crippen LogP contribution is -2.24. The summed E-state index contributed by atoms with van der Waals surface area (Å²) >= 11 is 5.74. The first-order valence-corrected chi connectivity index (χ1v) is 10.0. The molecule has 0 aliphatic carbocycles. The largest absolute Gasteiger partial charge is 0.477 e. The first kappa shape index (κ1) is 23.5. The number of hydrogen-bond acceptors (Lipinski definition) is 8. The van der Waals surface area contributed by atoms with Crippen molar-refractivity contribution in [3.05, 3.63) is 81.1 Å². The lowest BCUT2D eigenvalue weighted by atomic mass is 10.1. The highest BCUT2D eigenvalue weighted by Gasteiger charge is 2.16. The fourth-order valence-electron chi connectivity index (χ4n) is 2.66. The maximum Gasteiger partial charge on any atom is 0.338 e. The molecule has 1 N–H and O–H groups in total. The SMILES string of the molecule is CCOC(=O)c1ccc(-c2ccc(/C=N/NC(=O)COc3ccc(Cl)cc3[N+](=O)[O-])o2)cc1. The molecule has 11 heteroatoms. The number of hydrazone groups is 1. The van der Waals surface area contributed by atoms with Crippen LogP contribution in [0.1, 0.15) is 23.0 Å². The maximum absolute atomic E-state index is 11.9. The van der Waals surface area contributed by atoms with Gasteiger partial charge in [-0.15, -0.1) is 0 Å². The average molecular weight is 472 g/mol. The first-order valence-electron chi connectivity index (χ1n) is 9.63. The van der Waals surface area contributed by atoms with Crippen LogP contribution in [0, 0.1) is 10.1 Å². The molecule has 2 aromatic carbocycles. The third-order valence-corrected chi connectivity index (χ3v) is 4.40. The number of halogens is 1. The summed E-state index contributed by atoms with van der Waals surface area (Å²) in [5.41, 5.74) is 3.06. The second-order valence-electron chi connectivity index (χ2n) is 6.45. The molecule has 1 aromatic heterocycles. The van der Waals surface area contributed by atoms with Gasteiger partial charge in [0.25, 0.3) is 5.91 Å². The van der Waals surface area contributed by atoms with E-state index >= 15 is 0 Å². The van der Waals surface area contributed by atoms with Gasteiger partial charge in [-0.05, 0) is 43.3 Å². The highest BCUT2D eigenvalue weighted by atomic mass is 35.5. The van der Waals surface area contributed by atoms with Crippen molar-refractivity contribution >= 4 is 35.4 Å². The van der Waals surface area contributed by atoms with Gasteiger partial charge in [0.2, 0.25) is 0 Å². The maximum atomic E-state index is 11.9. The molecule has 3 rings (SSSR count). The number of amides is 1. The van der Waals surface area contributed by atoms with Crippen molar-refractivity contribution in [1.82, 2.24) is 5.43 Å². The van der Waals surface area contributed by atoms with E-state index in [1.54, 1.807) is 43.3 Å². The molecule has 1 heterocycles. The van der Waals surface area contributed by atoms with E-state index in [0.29, 0.717) is 23.7 Å². The molecule has 0 radical (unpaired) electrons. The van der Waals surface area contributed by atoms with Gasteiger partial charge in [-0.3, -0.25) is 14.9 Å². The molecule has 0 aliphatic heterocycles. The molecule has 170 valence electrons. The van der Waals surface area contributed by atoms with Crippen LogP contribution in [-0.4, -0.2) is 36.2 Å². The molecule has 10 nitrogen and oxygen atoms in total.